The van der Waals surface area contributed by atoms with E-state index in [0.29, 0.717) is 142 Å². The number of amides is 12. The Bertz CT molecular complexity index is 6010. The van der Waals surface area contributed by atoms with Gasteiger partial charge in [0.15, 0.2) is 0 Å². The molecule has 11 N–H and O–H groups in total. The van der Waals surface area contributed by atoms with E-state index in [1.54, 1.807) is 196 Å². The molecular formula is C108H134N20O17. The molecule has 37 heteroatoms. The molecule has 8 heterocycles. The Morgan fingerprint density at radius 2 is 0.641 bits per heavy atom. The Labute approximate surface area is 846 Å². The first-order valence-electron chi connectivity index (χ1n) is 48.7. The molecule has 8 aliphatic rings. The molecule has 4 atom stereocenters. The molecule has 0 saturated carbocycles. The van der Waals surface area contributed by atoms with Gasteiger partial charge in [-0.3, -0.25) is 43.2 Å². The van der Waals surface area contributed by atoms with Crippen molar-refractivity contribution in [3.05, 3.63) is 216 Å². The van der Waals surface area contributed by atoms with Crippen LogP contribution in [0.25, 0.3) is 0 Å². The maximum absolute atomic E-state index is 13.6. The lowest BCUT2D eigenvalue weighted by molar-refractivity contribution is -0.139. The predicted molar refractivity (Wildman–Crippen MR) is 558 cm³/mol. The monoisotopic (exact) mass is 1980 g/mol. The molecule has 12 amide bonds. The molecule has 4 unspecified atom stereocenters. The molecule has 0 spiro atoms. The van der Waals surface area contributed by atoms with Crippen molar-refractivity contribution in [3.63, 3.8) is 0 Å². The van der Waals surface area contributed by atoms with Crippen molar-refractivity contribution in [3.8, 4) is 12.1 Å². The highest BCUT2D eigenvalue weighted by atomic mass is 16.6. The van der Waals surface area contributed by atoms with Gasteiger partial charge < -0.3 is 112 Å². The second-order valence-corrected chi connectivity index (χ2v) is 39.0. The zero-order valence-electron chi connectivity index (χ0n) is 83.1. The number of anilines is 12. The zero-order valence-corrected chi connectivity index (χ0v) is 83.1. The van der Waals surface area contributed by atoms with Gasteiger partial charge in [-0.2, -0.15) is 10.5 Å². The van der Waals surface area contributed by atoms with Crippen molar-refractivity contribution in [1.82, 2.24) is 20.0 Å². The fourth-order valence-electron chi connectivity index (χ4n) is 17.7. The largest absolute Gasteiger partial charge is 0.480 e. The molecule has 0 radical (unpaired) electrons. The smallest absolute Gasteiger partial charge is 0.410 e. The number of nitrogens with two attached hydrogens (primary N) is 3. The van der Waals surface area contributed by atoms with Gasteiger partial charge >= 0.3 is 24.2 Å². The fourth-order valence-corrected chi connectivity index (χ4v) is 17.7. The first-order valence-corrected chi connectivity index (χ1v) is 48.7. The Balaban J connectivity index is 0.000000177. The first-order chi connectivity index (χ1) is 68.7. The van der Waals surface area contributed by atoms with Crippen molar-refractivity contribution in [1.29, 1.82) is 10.5 Å². The Morgan fingerprint density at radius 1 is 0.359 bits per heavy atom. The molecule has 0 aromatic heterocycles. The van der Waals surface area contributed by atoms with E-state index in [4.69, 9.17) is 36.7 Å². The predicted octanol–water partition coefficient (Wildman–Crippen LogP) is 13.7. The second kappa shape index (κ2) is 50.2. The number of nitriles is 2. The van der Waals surface area contributed by atoms with Gasteiger partial charge in [0.1, 0.15) is 41.0 Å². The molecular weight excluding hydrogens is 1850 g/mol. The highest BCUT2D eigenvalue weighted by Gasteiger charge is 2.42. The van der Waals surface area contributed by atoms with Crippen LogP contribution in [0.15, 0.2) is 194 Å². The van der Waals surface area contributed by atoms with Crippen molar-refractivity contribution >= 4 is 146 Å². The van der Waals surface area contributed by atoms with Gasteiger partial charge in [-0.25, -0.2) is 19.2 Å². The van der Waals surface area contributed by atoms with Gasteiger partial charge in [0.25, 0.3) is 0 Å². The zero-order chi connectivity index (χ0) is 104. The second-order valence-electron chi connectivity index (χ2n) is 39.0. The third-order valence-electron chi connectivity index (χ3n) is 24.9. The summed E-state index contributed by atoms with van der Waals surface area (Å²) in [5.41, 5.74) is 25.1. The molecule has 8 aromatic carbocycles. The van der Waals surface area contributed by atoms with E-state index in [2.05, 4.69) is 27.3 Å². The number of carbonyl (C=O) groups excluding carboxylic acids is 12. The van der Waals surface area contributed by atoms with E-state index in [1.165, 1.54) is 9.80 Å². The summed E-state index contributed by atoms with van der Waals surface area (Å²) < 4.78 is 16.4. The lowest BCUT2D eigenvalue weighted by Gasteiger charge is -2.42. The van der Waals surface area contributed by atoms with Crippen LogP contribution in [-0.4, -0.2) is 243 Å². The van der Waals surface area contributed by atoms with Crippen LogP contribution in [-0.2, 0) is 52.6 Å². The lowest BCUT2D eigenvalue weighted by atomic mass is 10.1. The highest BCUT2D eigenvalue weighted by molar-refractivity contribution is 6.03. The van der Waals surface area contributed by atoms with E-state index in [-0.39, 0.29) is 68.4 Å². The van der Waals surface area contributed by atoms with Crippen LogP contribution in [0.5, 0.6) is 0 Å². The SMILES string of the molecule is C.CC(C)(C)OC(=O)N1CCN(c2cccc(C#N)c2)C(C(=O)Nc2ccc(N3CCCCC3=O)cc2)C1.CC(C)(C)OC(=O)N1CCN(c2cccc(C#N)c2)C(C(=O)O)C1.CC(C)(C)OC(=O)N1CCN(c2cccc(C(N)=O)c2)C(C(=O)Nc2ccc(N3CCCCC3=O)cc2)C1.NC(=O)c1cccc(N2CCNCC2C(=O)Nc2ccc(N3CCCCC3=O)cc2)c1.Nc1ccc(N2CCCCC2=O)cc1. The number of carboxylic acids is 1. The molecule has 8 aromatic rings. The number of aliphatic carboxylic acids is 1. The Kier molecular flexibility index (Phi) is 38.0. The van der Waals surface area contributed by atoms with Gasteiger partial charge in [-0.15, -0.1) is 0 Å². The van der Waals surface area contributed by atoms with Gasteiger partial charge in [0, 0.05) is 190 Å². The Hall–Kier alpha value is -15.8. The summed E-state index contributed by atoms with van der Waals surface area (Å²) in [5.74, 6) is -2.23. The van der Waals surface area contributed by atoms with Crippen LogP contribution in [0, 0.1) is 22.7 Å². The van der Waals surface area contributed by atoms with E-state index >= 15 is 0 Å². The molecule has 8 fully saturated rings. The number of hydrogen-bond donors (Lipinski definition) is 8. The van der Waals surface area contributed by atoms with Crippen LogP contribution < -0.4 is 77.7 Å². The minimum Gasteiger partial charge on any atom is -0.480 e. The van der Waals surface area contributed by atoms with Crippen LogP contribution in [0.2, 0.25) is 0 Å². The van der Waals surface area contributed by atoms with Gasteiger partial charge in [-0.05, 0) is 284 Å². The molecule has 0 aliphatic carbocycles. The van der Waals surface area contributed by atoms with E-state index < -0.39 is 77.0 Å². The maximum atomic E-state index is 13.6. The number of piperazine rings is 4. The quantitative estimate of drug-likeness (QED) is 0.0310. The first kappa shape index (κ1) is 110. The fraction of sp³-hybridized carbons (Fsp3) is 0.417. The van der Waals surface area contributed by atoms with Gasteiger partial charge in [0.2, 0.25) is 53.2 Å². The summed E-state index contributed by atoms with van der Waals surface area (Å²) in [7, 11) is 0. The number of rotatable bonds is 17. The molecule has 768 valence electrons. The van der Waals surface area contributed by atoms with E-state index in [9.17, 15) is 72.7 Å². The van der Waals surface area contributed by atoms with Crippen molar-refractivity contribution in [2.75, 3.05) is 166 Å². The number of primary amides is 2. The standard InChI is InChI=1S/C28H35N5O5.C28H33N5O4.C23H27N5O3.C17H21N3O4.C11H14N2O.CH4/c1-28(2,3)38-27(37)31-15-16-32(22-8-6-7-19(17-22)25(29)35)23(18-31)26(36)30-20-10-12-21(13-11-20)33-14-5-4-9-24(33)34;1-28(2,3)37-27(36)31-15-16-32(23-8-6-7-20(17-23)18-29)24(19-31)26(35)30-21-10-12-22(13-11-21)33-14-5-4-9-25(33)34;24-22(30)16-4-3-5-19(14-16)27-13-11-25-15-20(27)23(31)26-17-7-9-18(10-8-17)28-12-2-1-6-21(28)29;1-17(2,3)24-16(23)19-7-8-20(14(11-19)15(21)22)13-6-4-5-12(9-13)10-18;12-9-4-6-10(7-5-9)13-8-2-1-3-11(13)14;/h6-8,10-13,17,23H,4-5,9,14-16,18H2,1-3H3,(H2,29,35)(H,30,36);6-8,10-13,17,24H,4-5,9,14-16,19H2,1-3H3,(H,30,35);3-5,7-10,14,20,25H,1-2,6,11-13,15H2,(H2,24,30)(H,26,31);4-6,9,14H,7-8,11H2,1-3H3,(H,21,22);4-7H,1-3,8,12H2;1H4. The Morgan fingerprint density at radius 3 is 0.938 bits per heavy atom. The average Bonchev–Trinajstić information content (AvgIpc) is 0.796. The van der Waals surface area contributed by atoms with Crippen molar-refractivity contribution < 1.29 is 81.6 Å². The minimum absolute atomic E-state index is 0. The number of nitrogens with zero attached hydrogens (tertiary/aromatic N) is 13. The van der Waals surface area contributed by atoms with Crippen molar-refractivity contribution in [2.45, 2.75) is 188 Å². The molecule has 8 saturated heterocycles. The number of piperidine rings is 4. The molecule has 37 nitrogen and oxygen atoms in total. The molecule has 145 heavy (non-hydrogen) atoms. The van der Waals surface area contributed by atoms with Crippen molar-refractivity contribution in [2.24, 2.45) is 11.5 Å². The number of benzene rings is 8. The minimum atomic E-state index is -1.02. The number of carbonyl (C=O) groups is 13. The maximum Gasteiger partial charge on any atom is 0.410 e. The van der Waals surface area contributed by atoms with E-state index in [0.717, 1.165) is 111 Å². The topological polar surface area (TPSA) is 479 Å². The van der Waals surface area contributed by atoms with Crippen LogP contribution in [0.1, 0.15) is 179 Å². The van der Waals surface area contributed by atoms with E-state index in [1.807, 2.05) is 111 Å². The summed E-state index contributed by atoms with van der Waals surface area (Å²) in [6.45, 7) is 23.4. The number of nitrogens with one attached hydrogen (secondary N) is 4. The number of ether oxygens (including phenoxy) is 3. The molecule has 0 bridgehead atoms. The summed E-state index contributed by atoms with van der Waals surface area (Å²) in [6.07, 6.45) is 8.70. The number of carboxylic acid groups (broad SMARTS) is 1. The average molecular weight is 1980 g/mol. The summed E-state index contributed by atoms with van der Waals surface area (Å²) >= 11 is 0. The molecule has 16 rings (SSSR count). The van der Waals surface area contributed by atoms with Crippen LogP contribution >= 0.6 is 0 Å². The summed E-state index contributed by atoms with van der Waals surface area (Å²) in [5, 5.41) is 40.0. The number of hydrogen-bond acceptors (Lipinski definition) is 24. The van der Waals surface area contributed by atoms with Crippen LogP contribution in [0.3, 0.4) is 0 Å². The third kappa shape index (κ3) is 30.9. The lowest BCUT2D eigenvalue weighted by Crippen LogP contribution is -2.59. The normalized spacial score (nSPS) is 18.2. The third-order valence-corrected chi connectivity index (χ3v) is 24.9. The van der Waals surface area contributed by atoms with Crippen LogP contribution in [0.4, 0.5) is 82.6 Å². The summed E-state index contributed by atoms with van der Waals surface area (Å²) in [4.78, 5) is 180. The summed E-state index contributed by atoms with van der Waals surface area (Å²) in [6, 6.07) is 58.4. The van der Waals surface area contributed by atoms with Gasteiger partial charge in [0.05, 0.1) is 42.9 Å². The van der Waals surface area contributed by atoms with Gasteiger partial charge in [-0.1, -0.05) is 31.7 Å². The molecule has 8 aliphatic heterocycles. The number of nitrogen functional groups attached to an aromatic ring is 1. The highest BCUT2D eigenvalue weighted by Crippen LogP contribution is 2.34.